The maximum Gasteiger partial charge on any atom is 0.267 e. The van der Waals surface area contributed by atoms with Gasteiger partial charge in [0, 0.05) is 24.0 Å². The highest BCUT2D eigenvalue weighted by Gasteiger charge is 2.25. The summed E-state index contributed by atoms with van der Waals surface area (Å²) in [4.78, 5) is 17.7. The number of hydrogen-bond acceptors (Lipinski definition) is 4. The molecule has 0 saturated carbocycles. The van der Waals surface area contributed by atoms with Crippen LogP contribution in [0.2, 0.25) is 0 Å². The summed E-state index contributed by atoms with van der Waals surface area (Å²) in [6.07, 6.45) is 2.01. The van der Waals surface area contributed by atoms with Crippen LogP contribution in [0.1, 0.15) is 32.9 Å². The van der Waals surface area contributed by atoms with Crippen molar-refractivity contribution in [2.75, 3.05) is 0 Å². The van der Waals surface area contributed by atoms with Crippen molar-refractivity contribution in [2.45, 2.75) is 54.2 Å². The molecule has 0 N–H and O–H groups in total. The molecular weight excluding hydrogens is 252 g/mol. The Balaban J connectivity index is 2.40. The van der Waals surface area contributed by atoms with Gasteiger partial charge in [-0.3, -0.25) is 9.36 Å². The zero-order valence-corrected chi connectivity index (χ0v) is 12.3. The van der Waals surface area contributed by atoms with E-state index >= 15 is 0 Å². The maximum atomic E-state index is 12.2. The standard InChI is InChI=1S/C12H18N2OS2/c1-5-7(2)17-12-13-9-6-8(3)16-10(9)11(15)14(12)4/h7-8H,5-6H2,1-4H3/t7-,8-/m1/s1. The third-order valence-electron chi connectivity index (χ3n) is 2.96. The van der Waals surface area contributed by atoms with E-state index in [4.69, 9.17) is 0 Å². The number of thioether (sulfide) groups is 2. The first kappa shape index (κ1) is 13.0. The summed E-state index contributed by atoms with van der Waals surface area (Å²) in [6.45, 7) is 6.47. The number of rotatable bonds is 3. The Morgan fingerprint density at radius 3 is 3.00 bits per heavy atom. The molecule has 94 valence electrons. The highest BCUT2D eigenvalue weighted by Crippen LogP contribution is 2.34. The van der Waals surface area contributed by atoms with Crippen molar-refractivity contribution in [1.82, 2.24) is 9.55 Å². The minimum atomic E-state index is 0.121. The number of hydrogen-bond donors (Lipinski definition) is 0. The molecule has 1 aromatic heterocycles. The van der Waals surface area contributed by atoms with E-state index in [2.05, 4.69) is 25.8 Å². The van der Waals surface area contributed by atoms with Gasteiger partial charge in [-0.25, -0.2) is 4.98 Å². The molecule has 0 saturated heterocycles. The lowest BCUT2D eigenvalue weighted by Crippen LogP contribution is -2.22. The fourth-order valence-electron chi connectivity index (χ4n) is 1.74. The lowest BCUT2D eigenvalue weighted by atomic mass is 10.2. The Hall–Kier alpha value is -0.420. The van der Waals surface area contributed by atoms with Crippen LogP contribution < -0.4 is 5.56 Å². The highest BCUT2D eigenvalue weighted by molar-refractivity contribution is 8.00. The second-order valence-corrected chi connectivity index (χ2v) is 7.36. The van der Waals surface area contributed by atoms with E-state index < -0.39 is 0 Å². The van der Waals surface area contributed by atoms with E-state index in [9.17, 15) is 4.79 Å². The molecule has 0 aliphatic carbocycles. The minimum absolute atomic E-state index is 0.121. The van der Waals surface area contributed by atoms with Gasteiger partial charge in [0.2, 0.25) is 0 Å². The van der Waals surface area contributed by atoms with Crippen LogP contribution in [0.3, 0.4) is 0 Å². The van der Waals surface area contributed by atoms with Crippen molar-refractivity contribution in [3.05, 3.63) is 16.0 Å². The second-order valence-electron chi connectivity index (χ2n) is 4.50. The van der Waals surface area contributed by atoms with Gasteiger partial charge in [0.25, 0.3) is 5.56 Å². The summed E-state index contributed by atoms with van der Waals surface area (Å²) in [5, 5.41) is 1.84. The predicted octanol–water partition coefficient (Wildman–Crippen LogP) is 2.71. The van der Waals surface area contributed by atoms with Crippen LogP contribution >= 0.6 is 23.5 Å². The zero-order chi connectivity index (χ0) is 12.6. The molecule has 2 atom stereocenters. The van der Waals surface area contributed by atoms with Crippen molar-refractivity contribution in [3.63, 3.8) is 0 Å². The van der Waals surface area contributed by atoms with Crippen molar-refractivity contribution in [2.24, 2.45) is 7.05 Å². The van der Waals surface area contributed by atoms with Crippen LogP contribution in [-0.4, -0.2) is 20.1 Å². The first-order chi connectivity index (χ1) is 8.02. The number of aromatic nitrogens is 2. The molecule has 0 unspecified atom stereocenters. The van der Waals surface area contributed by atoms with Gasteiger partial charge in [-0.1, -0.05) is 32.5 Å². The Labute approximate surface area is 110 Å². The van der Waals surface area contributed by atoms with Gasteiger partial charge in [0.1, 0.15) is 0 Å². The van der Waals surface area contributed by atoms with Gasteiger partial charge < -0.3 is 0 Å². The molecular formula is C12H18N2OS2. The molecule has 5 heteroatoms. The molecule has 3 nitrogen and oxygen atoms in total. The highest BCUT2D eigenvalue weighted by atomic mass is 32.2. The van der Waals surface area contributed by atoms with Crippen LogP contribution in [-0.2, 0) is 13.5 Å². The van der Waals surface area contributed by atoms with Crippen molar-refractivity contribution in [3.8, 4) is 0 Å². The van der Waals surface area contributed by atoms with Crippen molar-refractivity contribution < 1.29 is 0 Å². The summed E-state index contributed by atoms with van der Waals surface area (Å²) < 4.78 is 1.70. The van der Waals surface area contributed by atoms with E-state index in [1.165, 1.54) is 0 Å². The van der Waals surface area contributed by atoms with Crippen molar-refractivity contribution >= 4 is 23.5 Å². The molecule has 0 bridgehead atoms. The average molecular weight is 270 g/mol. The van der Waals surface area contributed by atoms with Gasteiger partial charge in [-0.05, 0) is 6.42 Å². The molecule has 0 radical (unpaired) electrons. The molecule has 1 aromatic rings. The fourth-order valence-corrected chi connectivity index (χ4v) is 3.82. The second kappa shape index (κ2) is 5.06. The third-order valence-corrected chi connectivity index (χ3v) is 5.49. The molecule has 1 aliphatic heterocycles. The van der Waals surface area contributed by atoms with Gasteiger partial charge in [-0.15, -0.1) is 11.8 Å². The Kier molecular flexibility index (Phi) is 3.88. The van der Waals surface area contributed by atoms with E-state index in [0.717, 1.165) is 28.6 Å². The fraction of sp³-hybridized carbons (Fsp3) is 0.667. The van der Waals surface area contributed by atoms with Crippen LogP contribution in [0, 0.1) is 0 Å². The largest absolute Gasteiger partial charge is 0.290 e. The molecule has 0 amide bonds. The normalized spacial score (nSPS) is 20.4. The Morgan fingerprint density at radius 2 is 2.35 bits per heavy atom. The molecule has 2 heterocycles. The van der Waals surface area contributed by atoms with E-state index in [1.54, 1.807) is 28.1 Å². The monoisotopic (exact) mass is 270 g/mol. The molecule has 1 aliphatic rings. The third kappa shape index (κ3) is 2.55. The molecule has 0 fully saturated rings. The lowest BCUT2D eigenvalue weighted by molar-refractivity contribution is 0.662. The SMILES string of the molecule is CC[C@@H](C)Sc1nc2c(c(=O)n1C)S[C@H](C)C2. The van der Waals surface area contributed by atoms with Gasteiger partial charge in [-0.2, -0.15) is 0 Å². The van der Waals surface area contributed by atoms with Crippen LogP contribution in [0.25, 0.3) is 0 Å². The molecule has 2 rings (SSSR count). The van der Waals surface area contributed by atoms with E-state index in [-0.39, 0.29) is 5.56 Å². The summed E-state index contributed by atoms with van der Waals surface area (Å²) in [5.74, 6) is 0. The van der Waals surface area contributed by atoms with E-state index in [0.29, 0.717) is 10.5 Å². The Morgan fingerprint density at radius 1 is 1.65 bits per heavy atom. The topological polar surface area (TPSA) is 34.9 Å². The maximum absolute atomic E-state index is 12.2. The number of nitrogens with zero attached hydrogens (tertiary/aromatic N) is 2. The summed E-state index contributed by atoms with van der Waals surface area (Å²) >= 11 is 3.35. The first-order valence-corrected chi connectivity index (χ1v) is 7.72. The molecule has 0 aromatic carbocycles. The number of fused-ring (bicyclic) bond motifs is 1. The van der Waals surface area contributed by atoms with Crippen molar-refractivity contribution in [1.29, 1.82) is 0 Å². The molecule has 0 spiro atoms. The minimum Gasteiger partial charge on any atom is -0.290 e. The van der Waals surface area contributed by atoms with Crippen LogP contribution in [0.15, 0.2) is 14.8 Å². The summed E-state index contributed by atoms with van der Waals surface area (Å²) in [6, 6.07) is 0. The predicted molar refractivity (Wildman–Crippen MR) is 74.1 cm³/mol. The van der Waals surface area contributed by atoms with Crippen LogP contribution in [0.5, 0.6) is 0 Å². The molecule has 17 heavy (non-hydrogen) atoms. The van der Waals surface area contributed by atoms with Crippen LogP contribution in [0.4, 0.5) is 0 Å². The first-order valence-electron chi connectivity index (χ1n) is 5.96. The smallest absolute Gasteiger partial charge is 0.267 e. The average Bonchev–Trinajstić information content (AvgIpc) is 2.66. The lowest BCUT2D eigenvalue weighted by Gasteiger charge is -2.12. The quantitative estimate of drug-likeness (QED) is 0.625. The summed E-state index contributed by atoms with van der Waals surface area (Å²) in [5.41, 5.74) is 1.12. The van der Waals surface area contributed by atoms with Gasteiger partial charge in [0.05, 0.1) is 10.6 Å². The van der Waals surface area contributed by atoms with Gasteiger partial charge >= 0.3 is 0 Å². The summed E-state index contributed by atoms with van der Waals surface area (Å²) in [7, 11) is 1.82. The Bertz CT molecular complexity index is 484. The van der Waals surface area contributed by atoms with E-state index in [1.807, 2.05) is 7.05 Å². The van der Waals surface area contributed by atoms with Gasteiger partial charge in [0.15, 0.2) is 5.16 Å². The zero-order valence-electron chi connectivity index (χ0n) is 10.7.